The van der Waals surface area contributed by atoms with Crippen LogP contribution in [0.15, 0.2) is 18.3 Å². The van der Waals surface area contributed by atoms with Crippen LogP contribution in [0.25, 0.3) is 0 Å². The number of aromatic nitrogens is 1. The lowest BCUT2D eigenvalue weighted by molar-refractivity contribution is 0.271. The normalized spacial score (nSPS) is 12.6. The van der Waals surface area contributed by atoms with E-state index in [0.717, 1.165) is 5.69 Å². The van der Waals surface area contributed by atoms with Crippen LogP contribution in [-0.4, -0.2) is 33.9 Å². The van der Waals surface area contributed by atoms with Gasteiger partial charge < -0.3 is 15.2 Å². The molecule has 1 atom stereocenters. The maximum Gasteiger partial charge on any atom is 0.490 e. The number of hydrogen-bond donors (Lipinski definition) is 3. The van der Waals surface area contributed by atoms with Gasteiger partial charge in [-0.1, -0.05) is 13.0 Å². The Morgan fingerprint density at radius 2 is 2.15 bits per heavy atom. The Labute approximate surface area is 77.0 Å². The van der Waals surface area contributed by atoms with Crippen molar-refractivity contribution in [3.05, 3.63) is 24.0 Å². The molecule has 0 aliphatic heterocycles. The average Bonchev–Trinajstić information content (AvgIpc) is 2.17. The van der Waals surface area contributed by atoms with Gasteiger partial charge >= 0.3 is 7.12 Å². The van der Waals surface area contributed by atoms with E-state index in [9.17, 15) is 0 Å². The fraction of sp³-hybridized carbons (Fsp3) is 0.375. The molecule has 0 aliphatic carbocycles. The van der Waals surface area contributed by atoms with E-state index in [1.165, 1.54) is 6.20 Å². The van der Waals surface area contributed by atoms with Gasteiger partial charge in [-0.2, -0.15) is 0 Å². The molecule has 1 rings (SSSR count). The molecule has 1 aromatic heterocycles. The van der Waals surface area contributed by atoms with Crippen molar-refractivity contribution in [1.82, 2.24) is 4.98 Å². The molecule has 5 heteroatoms. The van der Waals surface area contributed by atoms with Gasteiger partial charge in [0.05, 0.1) is 6.61 Å². The quantitative estimate of drug-likeness (QED) is 0.515. The molecule has 4 nitrogen and oxygen atoms in total. The highest BCUT2D eigenvalue weighted by Gasteiger charge is 2.12. The summed E-state index contributed by atoms with van der Waals surface area (Å²) in [5.41, 5.74) is 1.10. The summed E-state index contributed by atoms with van der Waals surface area (Å²) >= 11 is 0. The van der Waals surface area contributed by atoms with E-state index in [1.807, 2.05) is 6.92 Å². The van der Waals surface area contributed by atoms with Crippen molar-refractivity contribution in [3.63, 3.8) is 0 Å². The Hall–Kier alpha value is -0.905. The number of aliphatic hydroxyl groups is 1. The van der Waals surface area contributed by atoms with Crippen LogP contribution in [0.2, 0.25) is 0 Å². The maximum atomic E-state index is 8.83. The van der Waals surface area contributed by atoms with E-state index >= 15 is 0 Å². The summed E-state index contributed by atoms with van der Waals surface area (Å²) in [7, 11) is -1.48. The first-order chi connectivity index (χ1) is 6.15. The molecule has 0 bridgehead atoms. The molecule has 13 heavy (non-hydrogen) atoms. The van der Waals surface area contributed by atoms with E-state index in [4.69, 9.17) is 15.2 Å². The van der Waals surface area contributed by atoms with Gasteiger partial charge in [0.15, 0.2) is 0 Å². The van der Waals surface area contributed by atoms with E-state index in [-0.39, 0.29) is 12.5 Å². The van der Waals surface area contributed by atoms with Gasteiger partial charge in [0.2, 0.25) is 0 Å². The monoisotopic (exact) mass is 181 g/mol. The van der Waals surface area contributed by atoms with Crippen LogP contribution < -0.4 is 5.46 Å². The van der Waals surface area contributed by atoms with Crippen molar-refractivity contribution in [2.24, 2.45) is 0 Å². The molecule has 0 aliphatic rings. The molecule has 0 unspecified atom stereocenters. The molecule has 1 heterocycles. The van der Waals surface area contributed by atoms with Gasteiger partial charge in [-0.05, 0) is 6.07 Å². The second-order valence-electron chi connectivity index (χ2n) is 2.97. The molecular formula is C8H12BNO3. The third-order valence-electron chi connectivity index (χ3n) is 1.89. The Kier molecular flexibility index (Phi) is 3.42. The molecule has 1 aromatic rings. The first kappa shape index (κ1) is 10.2. The molecule has 70 valence electrons. The van der Waals surface area contributed by atoms with Crippen LogP contribution in [0.1, 0.15) is 18.5 Å². The molecule has 0 fully saturated rings. The Morgan fingerprint density at radius 3 is 2.54 bits per heavy atom. The number of aliphatic hydroxyl groups excluding tert-OH is 1. The Morgan fingerprint density at radius 1 is 1.46 bits per heavy atom. The highest BCUT2D eigenvalue weighted by Crippen LogP contribution is 2.08. The van der Waals surface area contributed by atoms with Crippen LogP contribution in [-0.2, 0) is 0 Å². The van der Waals surface area contributed by atoms with Crippen molar-refractivity contribution >= 4 is 12.6 Å². The van der Waals surface area contributed by atoms with Crippen molar-refractivity contribution in [1.29, 1.82) is 0 Å². The minimum absolute atomic E-state index is 0.0233. The molecule has 0 aromatic carbocycles. The molecule has 0 amide bonds. The van der Waals surface area contributed by atoms with Crippen LogP contribution in [0.4, 0.5) is 0 Å². The largest absolute Gasteiger partial charge is 0.490 e. The summed E-state index contributed by atoms with van der Waals surface area (Å²) in [5, 5.41) is 26.4. The van der Waals surface area contributed by atoms with Crippen LogP contribution in [0.5, 0.6) is 0 Å². The summed E-state index contributed by atoms with van der Waals surface area (Å²) in [6, 6.07) is 3.26. The summed E-state index contributed by atoms with van der Waals surface area (Å²) in [6.45, 7) is 1.88. The van der Waals surface area contributed by atoms with Crippen LogP contribution in [0.3, 0.4) is 0 Å². The van der Waals surface area contributed by atoms with Crippen molar-refractivity contribution in [3.8, 4) is 0 Å². The minimum Gasteiger partial charge on any atom is -0.423 e. The van der Waals surface area contributed by atoms with E-state index in [0.29, 0.717) is 5.46 Å². The fourth-order valence-electron chi connectivity index (χ4n) is 0.955. The second kappa shape index (κ2) is 4.36. The predicted molar refractivity (Wildman–Crippen MR) is 49.6 cm³/mol. The smallest absolute Gasteiger partial charge is 0.423 e. The van der Waals surface area contributed by atoms with Crippen molar-refractivity contribution < 1.29 is 15.2 Å². The number of pyridine rings is 1. The zero-order valence-corrected chi connectivity index (χ0v) is 7.38. The second-order valence-corrected chi connectivity index (χ2v) is 2.97. The zero-order valence-electron chi connectivity index (χ0n) is 7.38. The fourth-order valence-corrected chi connectivity index (χ4v) is 0.955. The molecule has 0 saturated heterocycles. The van der Waals surface area contributed by atoms with Gasteiger partial charge in [0.1, 0.15) is 0 Å². The third-order valence-corrected chi connectivity index (χ3v) is 1.89. The number of rotatable bonds is 3. The van der Waals surface area contributed by atoms with Gasteiger partial charge in [-0.25, -0.2) is 0 Å². The van der Waals surface area contributed by atoms with Crippen LogP contribution >= 0.6 is 0 Å². The van der Waals surface area contributed by atoms with E-state index in [2.05, 4.69) is 4.98 Å². The lowest BCUT2D eigenvalue weighted by Gasteiger charge is -2.07. The molecule has 0 radical (unpaired) electrons. The zero-order chi connectivity index (χ0) is 9.84. The molecule has 0 saturated carbocycles. The number of hydrogen-bond acceptors (Lipinski definition) is 4. The highest BCUT2D eigenvalue weighted by molar-refractivity contribution is 6.58. The van der Waals surface area contributed by atoms with Gasteiger partial charge in [-0.3, -0.25) is 4.98 Å². The highest BCUT2D eigenvalue weighted by atomic mass is 16.4. The lowest BCUT2D eigenvalue weighted by atomic mass is 9.81. The Bertz CT molecular complexity index is 263. The summed E-state index contributed by atoms with van der Waals surface area (Å²) in [6.07, 6.45) is 1.40. The third kappa shape index (κ3) is 2.52. The lowest BCUT2D eigenvalue weighted by Crippen LogP contribution is -2.30. The first-order valence-corrected chi connectivity index (χ1v) is 4.08. The maximum absolute atomic E-state index is 8.83. The topological polar surface area (TPSA) is 73.6 Å². The predicted octanol–water partition coefficient (Wildman–Crippen LogP) is -1.14. The van der Waals surface area contributed by atoms with Crippen LogP contribution in [0, 0.1) is 0 Å². The number of nitrogens with zero attached hydrogens (tertiary/aromatic N) is 1. The van der Waals surface area contributed by atoms with Crippen molar-refractivity contribution in [2.75, 3.05) is 6.61 Å². The molecule has 3 N–H and O–H groups in total. The Balaban J connectivity index is 2.81. The first-order valence-electron chi connectivity index (χ1n) is 4.08. The molecular weight excluding hydrogens is 169 g/mol. The average molecular weight is 181 g/mol. The summed E-state index contributed by atoms with van der Waals surface area (Å²) in [4.78, 5) is 3.99. The standard InChI is InChI=1S/C8H12BNO3/c1-6(5-11)8-3-2-7(4-10-8)9(12)13/h2-4,6,11-13H,5H2,1H3/t6-/m0/s1. The van der Waals surface area contributed by atoms with Gasteiger partial charge in [0, 0.05) is 23.3 Å². The van der Waals surface area contributed by atoms with Gasteiger partial charge in [0.25, 0.3) is 0 Å². The summed E-state index contributed by atoms with van der Waals surface area (Å²) < 4.78 is 0. The van der Waals surface area contributed by atoms with E-state index < -0.39 is 7.12 Å². The van der Waals surface area contributed by atoms with Gasteiger partial charge in [-0.15, -0.1) is 0 Å². The SMILES string of the molecule is C[C@@H](CO)c1ccc(B(O)O)cn1. The summed E-state index contributed by atoms with van der Waals surface area (Å²) in [5.74, 6) is -0.0233. The van der Waals surface area contributed by atoms with Crippen molar-refractivity contribution in [2.45, 2.75) is 12.8 Å². The minimum atomic E-state index is -1.48. The molecule has 0 spiro atoms. The van der Waals surface area contributed by atoms with E-state index in [1.54, 1.807) is 12.1 Å².